The van der Waals surface area contributed by atoms with Crippen molar-refractivity contribution in [1.82, 2.24) is 9.62 Å². The lowest BCUT2D eigenvalue weighted by molar-refractivity contribution is 0.331. The van der Waals surface area contributed by atoms with Gasteiger partial charge < -0.3 is 0 Å². The van der Waals surface area contributed by atoms with Crippen molar-refractivity contribution in [2.24, 2.45) is 0 Å². The molecule has 1 aromatic rings. The summed E-state index contributed by atoms with van der Waals surface area (Å²) in [5, 5.41) is 0. The van der Waals surface area contributed by atoms with Crippen LogP contribution in [0.15, 0.2) is 24.3 Å². The molecule has 1 aliphatic rings. The van der Waals surface area contributed by atoms with Crippen molar-refractivity contribution in [2.75, 3.05) is 19.3 Å². The molecule has 0 bridgehead atoms. The Labute approximate surface area is 109 Å². The second-order valence-corrected chi connectivity index (χ2v) is 6.73. The van der Waals surface area contributed by atoms with Crippen molar-refractivity contribution in [3.8, 4) is 0 Å². The minimum Gasteiger partial charge on any atom is -0.299 e. The predicted molar refractivity (Wildman–Crippen MR) is 72.6 cm³/mol. The topological polar surface area (TPSA) is 49.4 Å². The van der Waals surface area contributed by atoms with Crippen LogP contribution in [0.4, 0.5) is 0 Å². The van der Waals surface area contributed by atoms with E-state index < -0.39 is 10.0 Å². The van der Waals surface area contributed by atoms with E-state index in [4.69, 9.17) is 0 Å². The molecule has 4 nitrogen and oxygen atoms in total. The number of sulfonamides is 1. The minimum absolute atomic E-state index is 0.364. The molecule has 1 N–H and O–H groups in total. The number of nitrogens with one attached hydrogen (secondary N) is 1. The first-order valence-corrected chi connectivity index (χ1v) is 8.17. The average Bonchev–Trinajstić information content (AvgIpc) is 2.80. The molecule has 0 aromatic heterocycles. The molecule has 1 aliphatic heterocycles. The van der Waals surface area contributed by atoms with Crippen LogP contribution >= 0.6 is 0 Å². The molecule has 0 amide bonds. The standard InChI is InChI=1S/C13H20N2O2S/c1-18(16,17)14-10-12-4-6-13(7-5-12)11-15-8-2-3-9-15/h4-7,14H,2-3,8-11H2,1H3. The summed E-state index contributed by atoms with van der Waals surface area (Å²) in [5.41, 5.74) is 2.28. The molecule has 1 heterocycles. The second kappa shape index (κ2) is 5.82. The zero-order valence-corrected chi connectivity index (χ0v) is 11.5. The molecule has 0 radical (unpaired) electrons. The molecular weight excluding hydrogens is 248 g/mol. The van der Waals surface area contributed by atoms with Crippen LogP contribution in [0.1, 0.15) is 24.0 Å². The Morgan fingerprint density at radius 1 is 1.11 bits per heavy atom. The summed E-state index contributed by atoms with van der Waals surface area (Å²) in [6.07, 6.45) is 3.78. The first-order valence-electron chi connectivity index (χ1n) is 6.28. The quantitative estimate of drug-likeness (QED) is 0.876. The van der Waals surface area contributed by atoms with E-state index in [9.17, 15) is 8.42 Å². The molecular formula is C13H20N2O2S. The summed E-state index contributed by atoms with van der Waals surface area (Å²) in [4.78, 5) is 2.45. The maximum absolute atomic E-state index is 11.0. The monoisotopic (exact) mass is 268 g/mol. The van der Waals surface area contributed by atoms with Gasteiger partial charge in [-0.15, -0.1) is 0 Å². The molecule has 100 valence electrons. The van der Waals surface area contributed by atoms with Gasteiger partial charge in [0, 0.05) is 13.1 Å². The van der Waals surface area contributed by atoms with Crippen LogP contribution in [0.5, 0.6) is 0 Å². The van der Waals surface area contributed by atoms with Gasteiger partial charge in [0.15, 0.2) is 0 Å². The van der Waals surface area contributed by atoms with Gasteiger partial charge in [-0.25, -0.2) is 13.1 Å². The smallest absolute Gasteiger partial charge is 0.209 e. The summed E-state index contributed by atoms with van der Waals surface area (Å²) in [6.45, 7) is 3.75. The van der Waals surface area contributed by atoms with E-state index in [1.807, 2.05) is 12.1 Å². The minimum atomic E-state index is -3.11. The van der Waals surface area contributed by atoms with E-state index in [0.29, 0.717) is 6.54 Å². The van der Waals surface area contributed by atoms with E-state index in [2.05, 4.69) is 21.8 Å². The molecule has 0 atom stereocenters. The molecule has 0 unspecified atom stereocenters. The number of hydrogen-bond acceptors (Lipinski definition) is 3. The Bertz CT molecular complexity index is 476. The van der Waals surface area contributed by atoms with Gasteiger partial charge in [-0.3, -0.25) is 4.90 Å². The Balaban J connectivity index is 1.88. The molecule has 1 saturated heterocycles. The Morgan fingerprint density at radius 2 is 1.67 bits per heavy atom. The summed E-state index contributed by atoms with van der Waals surface area (Å²) in [5.74, 6) is 0. The summed E-state index contributed by atoms with van der Waals surface area (Å²) < 4.78 is 24.5. The van der Waals surface area contributed by atoms with E-state index >= 15 is 0 Å². The molecule has 0 saturated carbocycles. The van der Waals surface area contributed by atoms with Crippen LogP contribution in [0.25, 0.3) is 0 Å². The average molecular weight is 268 g/mol. The molecule has 1 aromatic carbocycles. The fourth-order valence-electron chi connectivity index (χ4n) is 2.18. The molecule has 0 spiro atoms. The van der Waals surface area contributed by atoms with Crippen molar-refractivity contribution in [3.63, 3.8) is 0 Å². The molecule has 1 fully saturated rings. The van der Waals surface area contributed by atoms with Gasteiger partial charge in [0.05, 0.1) is 6.26 Å². The van der Waals surface area contributed by atoms with Crippen LogP contribution in [0, 0.1) is 0 Å². The lowest BCUT2D eigenvalue weighted by Gasteiger charge is -2.14. The Kier molecular flexibility index (Phi) is 4.37. The lowest BCUT2D eigenvalue weighted by Crippen LogP contribution is -2.21. The van der Waals surface area contributed by atoms with Crippen LogP contribution in [-0.2, 0) is 23.1 Å². The first kappa shape index (κ1) is 13.5. The first-order chi connectivity index (χ1) is 8.53. The number of nitrogens with zero attached hydrogens (tertiary/aromatic N) is 1. The third-order valence-corrected chi connectivity index (χ3v) is 3.84. The van der Waals surface area contributed by atoms with Crippen molar-refractivity contribution in [3.05, 3.63) is 35.4 Å². The SMILES string of the molecule is CS(=O)(=O)NCc1ccc(CN2CCCC2)cc1. The summed E-state index contributed by atoms with van der Waals surface area (Å²) in [6, 6.07) is 8.14. The molecule has 5 heteroatoms. The van der Waals surface area contributed by atoms with Crippen LogP contribution in [0.2, 0.25) is 0 Å². The van der Waals surface area contributed by atoms with E-state index in [1.165, 1.54) is 37.8 Å². The maximum atomic E-state index is 11.0. The number of rotatable bonds is 5. The Hall–Kier alpha value is -0.910. The van der Waals surface area contributed by atoms with Gasteiger partial charge in [-0.05, 0) is 37.1 Å². The highest BCUT2D eigenvalue weighted by molar-refractivity contribution is 7.88. The predicted octanol–water partition coefficient (Wildman–Crippen LogP) is 1.33. The van der Waals surface area contributed by atoms with Crippen molar-refractivity contribution < 1.29 is 8.42 Å². The zero-order chi connectivity index (χ0) is 13.0. The van der Waals surface area contributed by atoms with Gasteiger partial charge >= 0.3 is 0 Å². The fraction of sp³-hybridized carbons (Fsp3) is 0.538. The zero-order valence-electron chi connectivity index (χ0n) is 10.7. The van der Waals surface area contributed by atoms with Crippen molar-refractivity contribution in [2.45, 2.75) is 25.9 Å². The van der Waals surface area contributed by atoms with Crippen LogP contribution in [0.3, 0.4) is 0 Å². The molecule has 2 rings (SSSR count). The number of benzene rings is 1. The summed E-state index contributed by atoms with van der Waals surface area (Å²) >= 11 is 0. The normalized spacial score (nSPS) is 17.2. The van der Waals surface area contributed by atoms with E-state index in [0.717, 1.165) is 12.1 Å². The van der Waals surface area contributed by atoms with Crippen molar-refractivity contribution in [1.29, 1.82) is 0 Å². The van der Waals surface area contributed by atoms with Gasteiger partial charge in [-0.2, -0.15) is 0 Å². The summed E-state index contributed by atoms with van der Waals surface area (Å²) in [7, 11) is -3.11. The second-order valence-electron chi connectivity index (χ2n) is 4.89. The van der Waals surface area contributed by atoms with Crippen molar-refractivity contribution >= 4 is 10.0 Å². The van der Waals surface area contributed by atoms with Gasteiger partial charge in [0.25, 0.3) is 0 Å². The number of hydrogen-bond donors (Lipinski definition) is 1. The highest BCUT2D eigenvalue weighted by Gasteiger charge is 2.11. The molecule has 18 heavy (non-hydrogen) atoms. The highest BCUT2D eigenvalue weighted by Crippen LogP contribution is 2.13. The van der Waals surface area contributed by atoms with Gasteiger partial charge in [0.2, 0.25) is 10.0 Å². The van der Waals surface area contributed by atoms with E-state index in [1.54, 1.807) is 0 Å². The maximum Gasteiger partial charge on any atom is 0.209 e. The lowest BCUT2D eigenvalue weighted by atomic mass is 10.1. The number of likely N-dealkylation sites (tertiary alicyclic amines) is 1. The largest absolute Gasteiger partial charge is 0.299 e. The van der Waals surface area contributed by atoms with Crippen LogP contribution < -0.4 is 4.72 Å². The van der Waals surface area contributed by atoms with Gasteiger partial charge in [-0.1, -0.05) is 24.3 Å². The third-order valence-electron chi connectivity index (χ3n) is 3.17. The van der Waals surface area contributed by atoms with Crippen LogP contribution in [-0.4, -0.2) is 32.7 Å². The fourth-order valence-corrected chi connectivity index (χ4v) is 2.60. The van der Waals surface area contributed by atoms with E-state index in [-0.39, 0.29) is 0 Å². The highest BCUT2D eigenvalue weighted by atomic mass is 32.2. The third kappa shape index (κ3) is 4.40. The Morgan fingerprint density at radius 3 is 2.22 bits per heavy atom. The van der Waals surface area contributed by atoms with Gasteiger partial charge in [0.1, 0.15) is 0 Å². The molecule has 0 aliphatic carbocycles.